The number of hydrogen-bond donors (Lipinski definition) is 1. The predicted molar refractivity (Wildman–Crippen MR) is 68.8 cm³/mol. The summed E-state index contributed by atoms with van der Waals surface area (Å²) in [6.07, 6.45) is 5.34. The normalized spacial score (nSPS) is 24.4. The number of methoxy groups -OCH3 is 1. The molecule has 1 aliphatic carbocycles. The Kier molecular flexibility index (Phi) is 4.36. The SMILES string of the molecule is CCCN=C(N)C1(OC)CCC(C)(C)CC1. The van der Waals surface area contributed by atoms with E-state index in [-0.39, 0.29) is 5.60 Å². The molecule has 1 aliphatic rings. The summed E-state index contributed by atoms with van der Waals surface area (Å²) in [4.78, 5) is 4.43. The molecule has 0 atom stereocenters. The minimum Gasteiger partial charge on any atom is -0.385 e. The molecule has 0 aromatic carbocycles. The monoisotopic (exact) mass is 226 g/mol. The van der Waals surface area contributed by atoms with Crippen LogP contribution in [0, 0.1) is 5.41 Å². The summed E-state index contributed by atoms with van der Waals surface area (Å²) >= 11 is 0. The Bertz CT molecular complexity index is 249. The lowest BCUT2D eigenvalue weighted by Gasteiger charge is -2.42. The summed E-state index contributed by atoms with van der Waals surface area (Å²) in [5, 5.41) is 0. The molecule has 1 rings (SSSR count). The molecule has 1 saturated carbocycles. The van der Waals surface area contributed by atoms with Gasteiger partial charge in [0.25, 0.3) is 0 Å². The van der Waals surface area contributed by atoms with Crippen LogP contribution in [0.2, 0.25) is 0 Å². The van der Waals surface area contributed by atoms with E-state index in [1.165, 1.54) is 0 Å². The van der Waals surface area contributed by atoms with Gasteiger partial charge in [0.1, 0.15) is 11.4 Å². The average molecular weight is 226 g/mol. The average Bonchev–Trinajstić information content (AvgIpc) is 2.27. The van der Waals surface area contributed by atoms with E-state index in [0.717, 1.165) is 38.6 Å². The molecule has 0 spiro atoms. The van der Waals surface area contributed by atoms with E-state index in [9.17, 15) is 0 Å². The van der Waals surface area contributed by atoms with Crippen molar-refractivity contribution in [1.29, 1.82) is 0 Å². The zero-order valence-electron chi connectivity index (χ0n) is 11.2. The summed E-state index contributed by atoms with van der Waals surface area (Å²) in [6.45, 7) is 7.54. The van der Waals surface area contributed by atoms with Crippen LogP contribution in [0.5, 0.6) is 0 Å². The van der Waals surface area contributed by atoms with Crippen molar-refractivity contribution in [1.82, 2.24) is 0 Å². The Labute approximate surface area is 99.5 Å². The van der Waals surface area contributed by atoms with Gasteiger partial charge in [0.05, 0.1) is 0 Å². The molecule has 0 unspecified atom stereocenters. The topological polar surface area (TPSA) is 47.6 Å². The Morgan fingerprint density at radius 2 is 1.81 bits per heavy atom. The zero-order valence-corrected chi connectivity index (χ0v) is 11.2. The van der Waals surface area contributed by atoms with Crippen LogP contribution in [0.15, 0.2) is 4.99 Å². The molecular weight excluding hydrogens is 200 g/mol. The molecular formula is C13H26N2O. The molecule has 0 amide bonds. The first-order chi connectivity index (χ1) is 7.46. The zero-order chi connectivity index (χ0) is 12.2. The minimum absolute atomic E-state index is 0.287. The van der Waals surface area contributed by atoms with Crippen LogP contribution >= 0.6 is 0 Å². The van der Waals surface area contributed by atoms with Gasteiger partial charge in [0.2, 0.25) is 0 Å². The summed E-state index contributed by atoms with van der Waals surface area (Å²) in [5.74, 6) is 0.701. The molecule has 0 aromatic heterocycles. The van der Waals surface area contributed by atoms with Crippen LogP contribution in [0.1, 0.15) is 52.9 Å². The van der Waals surface area contributed by atoms with Crippen molar-refractivity contribution in [2.24, 2.45) is 16.1 Å². The van der Waals surface area contributed by atoms with Crippen LogP contribution in [-0.2, 0) is 4.74 Å². The molecule has 0 saturated heterocycles. The number of nitrogens with two attached hydrogens (primary N) is 1. The Hall–Kier alpha value is -0.570. The molecule has 3 heteroatoms. The second-order valence-electron chi connectivity index (χ2n) is 5.63. The highest BCUT2D eigenvalue weighted by atomic mass is 16.5. The molecule has 1 fully saturated rings. The van der Waals surface area contributed by atoms with Crippen molar-refractivity contribution in [2.75, 3.05) is 13.7 Å². The van der Waals surface area contributed by atoms with Gasteiger partial charge < -0.3 is 10.5 Å². The van der Waals surface area contributed by atoms with Crippen molar-refractivity contribution in [2.45, 2.75) is 58.5 Å². The first-order valence-electron chi connectivity index (χ1n) is 6.31. The molecule has 3 nitrogen and oxygen atoms in total. The van der Waals surface area contributed by atoms with Crippen molar-refractivity contribution in [3.05, 3.63) is 0 Å². The molecule has 0 aromatic rings. The van der Waals surface area contributed by atoms with Gasteiger partial charge in [-0.2, -0.15) is 0 Å². The maximum absolute atomic E-state index is 6.09. The fraction of sp³-hybridized carbons (Fsp3) is 0.923. The minimum atomic E-state index is -0.287. The number of nitrogens with zero attached hydrogens (tertiary/aromatic N) is 1. The Morgan fingerprint density at radius 3 is 2.25 bits per heavy atom. The lowest BCUT2D eigenvalue weighted by molar-refractivity contribution is -0.00931. The fourth-order valence-electron chi connectivity index (χ4n) is 2.27. The third kappa shape index (κ3) is 2.97. The summed E-state index contributed by atoms with van der Waals surface area (Å²) < 4.78 is 5.68. The Balaban J connectivity index is 2.73. The smallest absolute Gasteiger partial charge is 0.126 e. The van der Waals surface area contributed by atoms with Crippen LogP contribution in [0.25, 0.3) is 0 Å². The lowest BCUT2D eigenvalue weighted by Crippen LogP contribution is -2.49. The van der Waals surface area contributed by atoms with Crippen LogP contribution < -0.4 is 5.73 Å². The van der Waals surface area contributed by atoms with Gasteiger partial charge in [-0.3, -0.25) is 4.99 Å². The quantitative estimate of drug-likeness (QED) is 0.592. The fourth-order valence-corrected chi connectivity index (χ4v) is 2.27. The lowest BCUT2D eigenvalue weighted by atomic mass is 9.70. The van der Waals surface area contributed by atoms with Gasteiger partial charge in [-0.05, 0) is 37.5 Å². The van der Waals surface area contributed by atoms with Crippen LogP contribution in [-0.4, -0.2) is 25.1 Å². The van der Waals surface area contributed by atoms with E-state index in [1.807, 2.05) is 0 Å². The van der Waals surface area contributed by atoms with E-state index in [1.54, 1.807) is 7.11 Å². The second kappa shape index (κ2) is 5.17. The van der Waals surface area contributed by atoms with Gasteiger partial charge in [-0.25, -0.2) is 0 Å². The third-order valence-corrected chi connectivity index (χ3v) is 3.77. The number of aliphatic imine (C=N–C) groups is 1. The highest BCUT2D eigenvalue weighted by Gasteiger charge is 2.41. The highest BCUT2D eigenvalue weighted by molar-refractivity contribution is 5.89. The predicted octanol–water partition coefficient (Wildman–Crippen LogP) is 2.74. The van der Waals surface area contributed by atoms with E-state index >= 15 is 0 Å². The first-order valence-corrected chi connectivity index (χ1v) is 6.31. The molecule has 2 N–H and O–H groups in total. The largest absolute Gasteiger partial charge is 0.385 e. The van der Waals surface area contributed by atoms with Crippen LogP contribution in [0.4, 0.5) is 0 Å². The van der Waals surface area contributed by atoms with Crippen molar-refractivity contribution >= 4 is 5.84 Å². The summed E-state index contributed by atoms with van der Waals surface area (Å²) in [6, 6.07) is 0. The van der Waals surface area contributed by atoms with Gasteiger partial charge in [-0.1, -0.05) is 20.8 Å². The number of amidine groups is 1. The second-order valence-corrected chi connectivity index (χ2v) is 5.63. The summed E-state index contributed by atoms with van der Waals surface area (Å²) in [5.41, 5.74) is 6.23. The standard InChI is InChI=1S/C13H26N2O/c1-5-10-15-11(14)13(16-4)8-6-12(2,3)7-9-13/h5-10H2,1-4H3,(H2,14,15). The molecule has 0 aliphatic heterocycles. The molecule has 0 heterocycles. The van der Waals surface area contributed by atoms with E-state index < -0.39 is 0 Å². The number of hydrogen-bond acceptors (Lipinski definition) is 2. The Morgan fingerprint density at radius 1 is 1.25 bits per heavy atom. The molecule has 0 bridgehead atoms. The van der Waals surface area contributed by atoms with Crippen molar-refractivity contribution in [3.63, 3.8) is 0 Å². The maximum Gasteiger partial charge on any atom is 0.126 e. The molecule has 0 radical (unpaired) electrons. The van der Waals surface area contributed by atoms with Gasteiger partial charge >= 0.3 is 0 Å². The van der Waals surface area contributed by atoms with E-state index in [0.29, 0.717) is 11.3 Å². The van der Waals surface area contributed by atoms with Crippen molar-refractivity contribution in [3.8, 4) is 0 Å². The van der Waals surface area contributed by atoms with Gasteiger partial charge in [0, 0.05) is 13.7 Å². The summed E-state index contributed by atoms with van der Waals surface area (Å²) in [7, 11) is 1.76. The van der Waals surface area contributed by atoms with Gasteiger partial charge in [0.15, 0.2) is 0 Å². The first kappa shape index (κ1) is 13.5. The maximum atomic E-state index is 6.09. The van der Waals surface area contributed by atoms with Crippen LogP contribution in [0.3, 0.4) is 0 Å². The highest BCUT2D eigenvalue weighted by Crippen LogP contribution is 2.41. The molecule has 94 valence electrons. The number of rotatable bonds is 4. The number of ether oxygens (including phenoxy) is 1. The molecule has 16 heavy (non-hydrogen) atoms. The van der Waals surface area contributed by atoms with E-state index in [2.05, 4.69) is 25.8 Å². The third-order valence-electron chi connectivity index (χ3n) is 3.77. The van der Waals surface area contributed by atoms with Crippen molar-refractivity contribution < 1.29 is 4.74 Å². The van der Waals surface area contributed by atoms with Gasteiger partial charge in [-0.15, -0.1) is 0 Å². The van der Waals surface area contributed by atoms with E-state index in [4.69, 9.17) is 10.5 Å².